The highest BCUT2D eigenvalue weighted by Gasteiger charge is 2.20. The van der Waals surface area contributed by atoms with Crippen molar-refractivity contribution in [1.29, 1.82) is 5.26 Å². The summed E-state index contributed by atoms with van der Waals surface area (Å²) >= 11 is 0.844. The average Bonchev–Trinajstić information content (AvgIpc) is 2.83. The van der Waals surface area contributed by atoms with Gasteiger partial charge in [-0.1, -0.05) is 0 Å². The lowest BCUT2D eigenvalue weighted by Gasteiger charge is -2.13. The van der Waals surface area contributed by atoms with Crippen molar-refractivity contribution in [3.63, 3.8) is 0 Å². The summed E-state index contributed by atoms with van der Waals surface area (Å²) in [5, 5.41) is 17.2. The van der Waals surface area contributed by atoms with Gasteiger partial charge in [-0.3, -0.25) is 4.79 Å². The maximum atomic E-state index is 11.9. The molecule has 0 radical (unpaired) electrons. The van der Waals surface area contributed by atoms with Crippen LogP contribution in [0.5, 0.6) is 0 Å². The van der Waals surface area contributed by atoms with E-state index in [-0.39, 0.29) is 22.1 Å². The van der Waals surface area contributed by atoms with E-state index in [1.165, 1.54) is 19.2 Å². The van der Waals surface area contributed by atoms with Gasteiger partial charge in [-0.25, -0.2) is 13.1 Å². The molecule has 1 heterocycles. The van der Waals surface area contributed by atoms with Crippen LogP contribution in [0.3, 0.4) is 0 Å². The van der Waals surface area contributed by atoms with Crippen molar-refractivity contribution in [2.75, 3.05) is 13.7 Å². The SMILES string of the molecule is COC(CNS(=O)(=O)c1ccc(C#N)s1)CC(=O)O. The fourth-order valence-corrected chi connectivity index (χ4v) is 3.45. The van der Waals surface area contributed by atoms with E-state index in [2.05, 4.69) is 4.72 Å². The first-order valence-corrected chi connectivity index (χ1v) is 7.43. The summed E-state index contributed by atoms with van der Waals surface area (Å²) in [4.78, 5) is 10.8. The van der Waals surface area contributed by atoms with E-state index in [0.717, 1.165) is 11.3 Å². The molecule has 7 nitrogen and oxygen atoms in total. The van der Waals surface area contributed by atoms with Crippen LogP contribution in [-0.2, 0) is 19.6 Å². The lowest BCUT2D eigenvalue weighted by molar-refractivity contribution is -0.139. The van der Waals surface area contributed by atoms with Crippen LogP contribution in [0, 0.1) is 11.3 Å². The normalized spacial score (nSPS) is 12.8. The Hall–Kier alpha value is -1.47. The van der Waals surface area contributed by atoms with Gasteiger partial charge in [0.05, 0.1) is 12.5 Å². The summed E-state index contributed by atoms with van der Waals surface area (Å²) in [6.45, 7) is -0.148. The number of thiophene rings is 1. The maximum Gasteiger partial charge on any atom is 0.306 e. The Labute approximate surface area is 114 Å². The van der Waals surface area contributed by atoms with E-state index >= 15 is 0 Å². The van der Waals surface area contributed by atoms with Gasteiger partial charge in [0, 0.05) is 13.7 Å². The number of carboxylic acids is 1. The summed E-state index contributed by atoms with van der Waals surface area (Å²) in [7, 11) is -2.44. The topological polar surface area (TPSA) is 116 Å². The van der Waals surface area contributed by atoms with Crippen LogP contribution in [0.1, 0.15) is 11.3 Å². The number of rotatable bonds is 7. The van der Waals surface area contributed by atoms with Crippen LogP contribution in [0.15, 0.2) is 16.3 Å². The summed E-state index contributed by atoms with van der Waals surface area (Å²) in [6.07, 6.45) is -1.05. The second kappa shape index (κ2) is 6.63. The number of carboxylic acid groups (broad SMARTS) is 1. The minimum atomic E-state index is -3.75. The minimum absolute atomic E-state index is 0.00854. The average molecular weight is 304 g/mol. The first-order chi connectivity index (χ1) is 8.89. The second-order valence-electron chi connectivity index (χ2n) is 3.54. The molecule has 1 unspecified atom stereocenters. The molecular weight excluding hydrogens is 292 g/mol. The predicted octanol–water partition coefficient (Wildman–Crippen LogP) is 0.388. The number of nitriles is 1. The Bertz CT molecular complexity index is 587. The van der Waals surface area contributed by atoms with E-state index in [1.807, 2.05) is 6.07 Å². The number of aliphatic carboxylic acids is 1. The van der Waals surface area contributed by atoms with Crippen molar-refractivity contribution in [3.8, 4) is 6.07 Å². The molecule has 1 rings (SSSR count). The molecule has 0 amide bonds. The minimum Gasteiger partial charge on any atom is -0.481 e. The Morgan fingerprint density at radius 2 is 2.32 bits per heavy atom. The molecule has 0 aromatic carbocycles. The molecule has 0 saturated carbocycles. The Balaban J connectivity index is 2.70. The molecular formula is C10H12N2O5S2. The number of methoxy groups -OCH3 is 1. The molecule has 9 heteroatoms. The number of hydrogen-bond donors (Lipinski definition) is 2. The Kier molecular flexibility index (Phi) is 5.44. The molecule has 2 N–H and O–H groups in total. The fraction of sp³-hybridized carbons (Fsp3) is 0.400. The van der Waals surface area contributed by atoms with Gasteiger partial charge in [0.1, 0.15) is 15.2 Å². The third-order valence-corrected chi connectivity index (χ3v) is 5.10. The Morgan fingerprint density at radius 3 is 2.79 bits per heavy atom. The number of ether oxygens (including phenoxy) is 1. The van der Waals surface area contributed by atoms with Crippen LogP contribution in [-0.4, -0.2) is 39.3 Å². The zero-order chi connectivity index (χ0) is 14.5. The van der Waals surface area contributed by atoms with Gasteiger partial charge in [0.2, 0.25) is 10.0 Å². The van der Waals surface area contributed by atoms with Crippen molar-refractivity contribution in [1.82, 2.24) is 4.72 Å². The van der Waals surface area contributed by atoms with Gasteiger partial charge in [-0.2, -0.15) is 5.26 Å². The second-order valence-corrected chi connectivity index (χ2v) is 6.62. The lowest BCUT2D eigenvalue weighted by atomic mass is 10.2. The van der Waals surface area contributed by atoms with Crippen molar-refractivity contribution in [2.24, 2.45) is 0 Å². The van der Waals surface area contributed by atoms with Crippen molar-refractivity contribution >= 4 is 27.3 Å². The molecule has 0 aliphatic heterocycles. The monoisotopic (exact) mass is 304 g/mol. The molecule has 0 fully saturated rings. The summed E-state index contributed by atoms with van der Waals surface area (Å²) < 4.78 is 30.8. The van der Waals surface area contributed by atoms with Crippen molar-refractivity contribution in [3.05, 3.63) is 17.0 Å². The summed E-state index contributed by atoms with van der Waals surface area (Å²) in [5.74, 6) is -1.08. The quantitative estimate of drug-likeness (QED) is 0.752. The molecule has 104 valence electrons. The molecule has 0 spiro atoms. The highest BCUT2D eigenvalue weighted by Crippen LogP contribution is 2.20. The number of carbonyl (C=O) groups is 1. The Morgan fingerprint density at radius 1 is 1.63 bits per heavy atom. The van der Waals surface area contributed by atoms with Gasteiger partial charge >= 0.3 is 5.97 Å². The third kappa shape index (κ3) is 4.60. The number of nitrogens with one attached hydrogen (secondary N) is 1. The zero-order valence-electron chi connectivity index (χ0n) is 9.99. The van der Waals surface area contributed by atoms with Crippen molar-refractivity contribution in [2.45, 2.75) is 16.7 Å². The standard InChI is InChI=1S/C10H12N2O5S2/c1-17-7(4-9(13)14)6-12-19(15,16)10-3-2-8(5-11)18-10/h2-3,7,12H,4,6H2,1H3,(H,13,14). The van der Waals surface area contributed by atoms with Crippen LogP contribution in [0.2, 0.25) is 0 Å². The van der Waals surface area contributed by atoms with E-state index in [0.29, 0.717) is 0 Å². The fourth-order valence-electron chi connectivity index (χ4n) is 1.23. The summed E-state index contributed by atoms with van der Waals surface area (Å²) in [6, 6.07) is 4.58. The smallest absolute Gasteiger partial charge is 0.306 e. The van der Waals surface area contributed by atoms with Crippen LogP contribution >= 0.6 is 11.3 Å². The van der Waals surface area contributed by atoms with E-state index in [9.17, 15) is 13.2 Å². The first kappa shape index (κ1) is 15.6. The molecule has 0 aliphatic carbocycles. The van der Waals surface area contributed by atoms with E-state index in [1.54, 1.807) is 0 Å². The molecule has 1 atom stereocenters. The van der Waals surface area contributed by atoms with Crippen LogP contribution in [0.25, 0.3) is 0 Å². The van der Waals surface area contributed by atoms with E-state index in [4.69, 9.17) is 15.1 Å². The van der Waals surface area contributed by atoms with E-state index < -0.39 is 22.1 Å². The first-order valence-electron chi connectivity index (χ1n) is 5.13. The van der Waals surface area contributed by atoms with Gasteiger partial charge < -0.3 is 9.84 Å². The molecule has 19 heavy (non-hydrogen) atoms. The molecule has 1 aromatic heterocycles. The number of nitrogens with zero attached hydrogens (tertiary/aromatic N) is 1. The number of sulfonamides is 1. The lowest BCUT2D eigenvalue weighted by Crippen LogP contribution is -2.34. The predicted molar refractivity (Wildman–Crippen MR) is 67.3 cm³/mol. The molecule has 1 aromatic rings. The highest BCUT2D eigenvalue weighted by molar-refractivity contribution is 7.91. The van der Waals surface area contributed by atoms with Crippen molar-refractivity contribution < 1.29 is 23.1 Å². The molecule has 0 saturated heterocycles. The van der Waals surface area contributed by atoms with Crippen LogP contribution < -0.4 is 4.72 Å². The van der Waals surface area contributed by atoms with Gasteiger partial charge in [0.25, 0.3) is 0 Å². The van der Waals surface area contributed by atoms with Gasteiger partial charge in [-0.15, -0.1) is 11.3 Å². The highest BCUT2D eigenvalue weighted by atomic mass is 32.2. The summed E-state index contributed by atoms with van der Waals surface area (Å²) in [5.41, 5.74) is 0. The largest absolute Gasteiger partial charge is 0.481 e. The maximum absolute atomic E-state index is 11.9. The molecule has 0 bridgehead atoms. The van der Waals surface area contributed by atoms with Crippen LogP contribution in [0.4, 0.5) is 0 Å². The zero-order valence-corrected chi connectivity index (χ0v) is 11.6. The number of hydrogen-bond acceptors (Lipinski definition) is 6. The van der Waals surface area contributed by atoms with Gasteiger partial charge in [-0.05, 0) is 12.1 Å². The molecule has 0 aliphatic rings. The van der Waals surface area contributed by atoms with Gasteiger partial charge in [0.15, 0.2) is 0 Å². The third-order valence-electron chi connectivity index (χ3n) is 2.19.